The molecule has 0 aliphatic heterocycles. The van der Waals surface area contributed by atoms with Gasteiger partial charge in [-0.25, -0.2) is 0 Å². The number of aryl methyl sites for hydroxylation is 1. The zero-order valence-corrected chi connectivity index (χ0v) is 13.3. The summed E-state index contributed by atoms with van der Waals surface area (Å²) in [6.45, 7) is 4.07. The Morgan fingerprint density at radius 1 is 1.37 bits per heavy atom. The van der Waals surface area contributed by atoms with Crippen LogP contribution < -0.4 is 5.32 Å². The number of amides is 1. The highest BCUT2D eigenvalue weighted by Crippen LogP contribution is 2.28. The normalized spacial score (nSPS) is 12.2. The first-order chi connectivity index (χ1) is 9.11. The fraction of sp³-hybridized carbons (Fsp3) is 0.267. The standard InChI is InChI=1S/C15H16BrNOS/c1-3-12(11-7-5-4-6-8-11)17-15(18)13-9-10(2)14(16)19-13/h4-9,12H,3H2,1-2H3,(H,17,18). The topological polar surface area (TPSA) is 29.1 Å². The number of thiophene rings is 1. The molecule has 1 unspecified atom stereocenters. The SMILES string of the molecule is CCC(NC(=O)c1cc(C)c(Br)s1)c1ccccc1. The molecule has 0 aliphatic carbocycles. The van der Waals surface area contributed by atoms with Crippen LogP contribution in [-0.4, -0.2) is 5.91 Å². The van der Waals surface area contributed by atoms with Crippen LogP contribution in [-0.2, 0) is 0 Å². The quantitative estimate of drug-likeness (QED) is 0.860. The van der Waals surface area contributed by atoms with Crippen molar-refractivity contribution in [2.75, 3.05) is 0 Å². The van der Waals surface area contributed by atoms with E-state index < -0.39 is 0 Å². The van der Waals surface area contributed by atoms with Gasteiger partial charge in [-0.2, -0.15) is 0 Å². The minimum Gasteiger partial charge on any atom is -0.345 e. The van der Waals surface area contributed by atoms with E-state index in [2.05, 4.69) is 28.2 Å². The minimum atomic E-state index is -0.00509. The summed E-state index contributed by atoms with van der Waals surface area (Å²) in [4.78, 5) is 13.0. The summed E-state index contributed by atoms with van der Waals surface area (Å²) < 4.78 is 1.02. The van der Waals surface area contributed by atoms with Crippen LogP contribution in [0.1, 0.15) is 40.2 Å². The lowest BCUT2D eigenvalue weighted by atomic mass is 10.0. The van der Waals surface area contributed by atoms with E-state index in [4.69, 9.17) is 0 Å². The maximum Gasteiger partial charge on any atom is 0.261 e. The van der Waals surface area contributed by atoms with Crippen LogP contribution in [0, 0.1) is 6.92 Å². The van der Waals surface area contributed by atoms with Gasteiger partial charge in [-0.1, -0.05) is 37.3 Å². The molecule has 1 heterocycles. The fourth-order valence-electron chi connectivity index (χ4n) is 1.91. The second kappa shape index (κ2) is 6.35. The van der Waals surface area contributed by atoms with Gasteiger partial charge in [-0.3, -0.25) is 4.79 Å². The number of rotatable bonds is 4. The molecular weight excluding hydrogens is 322 g/mol. The summed E-state index contributed by atoms with van der Waals surface area (Å²) in [5.41, 5.74) is 2.24. The van der Waals surface area contributed by atoms with Gasteiger partial charge in [-0.05, 0) is 46.5 Å². The van der Waals surface area contributed by atoms with E-state index in [1.54, 1.807) is 0 Å². The molecule has 0 fully saturated rings. The van der Waals surface area contributed by atoms with E-state index in [1.807, 2.05) is 43.3 Å². The lowest BCUT2D eigenvalue weighted by molar-refractivity contribution is 0.0939. The highest BCUT2D eigenvalue weighted by atomic mass is 79.9. The first-order valence-corrected chi connectivity index (χ1v) is 7.84. The van der Waals surface area contributed by atoms with E-state index >= 15 is 0 Å². The molecule has 1 N–H and O–H groups in total. The first-order valence-electron chi connectivity index (χ1n) is 6.23. The second-order valence-corrected chi connectivity index (χ2v) is 6.78. The maximum absolute atomic E-state index is 12.2. The Bertz CT molecular complexity index is 545. The predicted octanol–water partition coefficient (Wildman–Crippen LogP) is 4.70. The fourth-order valence-corrected chi connectivity index (χ4v) is 3.35. The van der Waals surface area contributed by atoms with Crippen LogP contribution in [0.3, 0.4) is 0 Å². The van der Waals surface area contributed by atoms with E-state index in [9.17, 15) is 4.79 Å². The summed E-state index contributed by atoms with van der Waals surface area (Å²) in [6.07, 6.45) is 0.876. The van der Waals surface area contributed by atoms with E-state index in [0.29, 0.717) is 0 Å². The third-order valence-electron chi connectivity index (χ3n) is 3.00. The van der Waals surface area contributed by atoms with Crippen molar-refractivity contribution in [1.82, 2.24) is 5.32 Å². The van der Waals surface area contributed by atoms with Crippen LogP contribution in [0.15, 0.2) is 40.2 Å². The Labute approximate surface area is 126 Å². The highest BCUT2D eigenvalue weighted by Gasteiger charge is 2.16. The van der Waals surface area contributed by atoms with Gasteiger partial charge in [0.25, 0.3) is 5.91 Å². The third-order valence-corrected chi connectivity index (χ3v) is 5.13. The van der Waals surface area contributed by atoms with Gasteiger partial charge >= 0.3 is 0 Å². The zero-order valence-electron chi connectivity index (χ0n) is 10.9. The largest absolute Gasteiger partial charge is 0.345 e. The summed E-state index contributed by atoms with van der Waals surface area (Å²) in [5, 5.41) is 3.09. The molecule has 0 saturated heterocycles. The molecule has 0 aliphatic rings. The molecule has 100 valence electrons. The maximum atomic E-state index is 12.2. The van der Waals surface area contributed by atoms with Gasteiger partial charge in [0.2, 0.25) is 0 Å². The van der Waals surface area contributed by atoms with Gasteiger partial charge in [-0.15, -0.1) is 11.3 Å². The lowest BCUT2D eigenvalue weighted by Crippen LogP contribution is -2.27. The van der Waals surface area contributed by atoms with Crippen LogP contribution in [0.2, 0.25) is 0 Å². The Kier molecular flexibility index (Phi) is 4.77. The van der Waals surface area contributed by atoms with Crippen molar-refractivity contribution < 1.29 is 4.79 Å². The number of halogens is 1. The molecule has 0 bridgehead atoms. The van der Waals surface area contributed by atoms with Crippen molar-refractivity contribution in [3.8, 4) is 0 Å². The van der Waals surface area contributed by atoms with Crippen molar-refractivity contribution in [2.24, 2.45) is 0 Å². The van der Waals surface area contributed by atoms with Gasteiger partial charge in [0.15, 0.2) is 0 Å². The molecule has 1 aromatic heterocycles. The zero-order chi connectivity index (χ0) is 13.8. The van der Waals surface area contributed by atoms with Gasteiger partial charge in [0.1, 0.15) is 0 Å². The molecule has 0 radical (unpaired) electrons. The van der Waals surface area contributed by atoms with Crippen LogP contribution in [0.25, 0.3) is 0 Å². The number of nitrogens with one attached hydrogen (secondary N) is 1. The van der Waals surface area contributed by atoms with Gasteiger partial charge in [0, 0.05) is 0 Å². The molecule has 19 heavy (non-hydrogen) atoms. The monoisotopic (exact) mass is 337 g/mol. The molecule has 1 amide bonds. The Balaban J connectivity index is 2.13. The molecule has 2 nitrogen and oxygen atoms in total. The first kappa shape index (κ1) is 14.3. The average molecular weight is 338 g/mol. The number of carbonyl (C=O) groups is 1. The van der Waals surface area contributed by atoms with Crippen molar-refractivity contribution in [2.45, 2.75) is 26.3 Å². The van der Waals surface area contributed by atoms with E-state index in [1.165, 1.54) is 11.3 Å². The number of benzene rings is 1. The minimum absolute atomic E-state index is 0.00509. The highest BCUT2D eigenvalue weighted by molar-refractivity contribution is 9.11. The van der Waals surface area contributed by atoms with Crippen LogP contribution in [0.4, 0.5) is 0 Å². The molecule has 2 aromatic rings. The number of hydrogen-bond acceptors (Lipinski definition) is 2. The Morgan fingerprint density at radius 2 is 2.05 bits per heavy atom. The molecular formula is C15H16BrNOS. The molecule has 0 saturated carbocycles. The molecule has 1 aromatic carbocycles. The average Bonchev–Trinajstić information content (AvgIpc) is 2.77. The van der Waals surface area contributed by atoms with E-state index in [0.717, 1.165) is 26.2 Å². The number of carbonyl (C=O) groups excluding carboxylic acids is 1. The van der Waals surface area contributed by atoms with Crippen LogP contribution in [0.5, 0.6) is 0 Å². The van der Waals surface area contributed by atoms with Crippen molar-refractivity contribution >= 4 is 33.2 Å². The second-order valence-electron chi connectivity index (χ2n) is 4.41. The van der Waals surface area contributed by atoms with Crippen molar-refractivity contribution in [3.05, 3.63) is 56.2 Å². The number of hydrogen-bond donors (Lipinski definition) is 1. The molecule has 0 spiro atoms. The summed E-state index contributed by atoms with van der Waals surface area (Å²) in [5.74, 6) is -0.00509. The Hall–Kier alpha value is -1.13. The summed E-state index contributed by atoms with van der Waals surface area (Å²) in [6, 6.07) is 12.1. The Morgan fingerprint density at radius 3 is 2.58 bits per heavy atom. The van der Waals surface area contributed by atoms with Crippen molar-refractivity contribution in [1.29, 1.82) is 0 Å². The van der Waals surface area contributed by atoms with Crippen LogP contribution >= 0.6 is 27.3 Å². The lowest BCUT2D eigenvalue weighted by Gasteiger charge is -2.16. The van der Waals surface area contributed by atoms with Crippen molar-refractivity contribution in [3.63, 3.8) is 0 Å². The van der Waals surface area contributed by atoms with Gasteiger partial charge in [0.05, 0.1) is 14.7 Å². The predicted molar refractivity (Wildman–Crippen MR) is 83.7 cm³/mol. The molecule has 4 heteroatoms. The molecule has 2 rings (SSSR count). The van der Waals surface area contributed by atoms with E-state index in [-0.39, 0.29) is 11.9 Å². The van der Waals surface area contributed by atoms with Gasteiger partial charge < -0.3 is 5.32 Å². The molecule has 1 atom stereocenters. The third kappa shape index (κ3) is 3.45. The summed E-state index contributed by atoms with van der Waals surface area (Å²) >= 11 is 4.93. The smallest absolute Gasteiger partial charge is 0.261 e. The summed E-state index contributed by atoms with van der Waals surface area (Å²) in [7, 11) is 0.